The molecule has 1 aliphatic heterocycles. The maximum Gasteiger partial charge on any atom is 0.122 e. The molecular weight excluding hydrogens is 258 g/mol. The Morgan fingerprint density at radius 3 is 2.57 bits per heavy atom. The highest BCUT2D eigenvalue weighted by atomic mass is 16.5. The molecule has 2 aromatic rings. The summed E-state index contributed by atoms with van der Waals surface area (Å²) in [6.07, 6.45) is 1.02. The van der Waals surface area contributed by atoms with Gasteiger partial charge in [0.2, 0.25) is 0 Å². The SMILES string of the molecule is CCNC(c1ccc(C)c(C)c1)c1ccc2c(c1)CCO2. The van der Waals surface area contributed by atoms with Crippen molar-refractivity contribution >= 4 is 0 Å². The van der Waals surface area contributed by atoms with Gasteiger partial charge >= 0.3 is 0 Å². The molecule has 0 radical (unpaired) electrons. The van der Waals surface area contributed by atoms with E-state index < -0.39 is 0 Å². The maximum absolute atomic E-state index is 5.61. The third-order valence-electron chi connectivity index (χ3n) is 4.32. The Labute approximate surface area is 127 Å². The first kappa shape index (κ1) is 14.2. The van der Waals surface area contributed by atoms with Gasteiger partial charge in [-0.15, -0.1) is 0 Å². The van der Waals surface area contributed by atoms with Crippen LogP contribution in [0.5, 0.6) is 5.75 Å². The molecule has 2 nitrogen and oxygen atoms in total. The lowest BCUT2D eigenvalue weighted by Gasteiger charge is -2.20. The van der Waals surface area contributed by atoms with Gasteiger partial charge in [0, 0.05) is 6.42 Å². The van der Waals surface area contributed by atoms with Crippen molar-refractivity contribution in [3.05, 3.63) is 64.2 Å². The first-order chi connectivity index (χ1) is 10.2. The zero-order valence-electron chi connectivity index (χ0n) is 13.1. The van der Waals surface area contributed by atoms with Gasteiger partial charge in [-0.1, -0.05) is 37.3 Å². The number of rotatable bonds is 4. The molecule has 3 rings (SSSR count). The second-order valence-electron chi connectivity index (χ2n) is 5.80. The van der Waals surface area contributed by atoms with E-state index in [1.165, 1.54) is 27.8 Å². The summed E-state index contributed by atoms with van der Waals surface area (Å²) in [6.45, 7) is 8.26. The summed E-state index contributed by atoms with van der Waals surface area (Å²) >= 11 is 0. The van der Waals surface area contributed by atoms with Crippen LogP contribution in [-0.4, -0.2) is 13.2 Å². The number of hydrogen-bond donors (Lipinski definition) is 1. The Balaban J connectivity index is 1.99. The molecular formula is C19H23NO. The second kappa shape index (κ2) is 5.90. The Bertz CT molecular complexity index is 648. The van der Waals surface area contributed by atoms with Crippen molar-refractivity contribution in [2.45, 2.75) is 33.2 Å². The summed E-state index contributed by atoms with van der Waals surface area (Å²) in [4.78, 5) is 0. The lowest BCUT2D eigenvalue weighted by Crippen LogP contribution is -2.22. The normalized spacial score (nSPS) is 14.6. The van der Waals surface area contributed by atoms with Gasteiger partial charge in [0.1, 0.15) is 5.75 Å². The Morgan fingerprint density at radius 2 is 1.81 bits per heavy atom. The van der Waals surface area contributed by atoms with Gasteiger partial charge in [-0.05, 0) is 54.3 Å². The predicted molar refractivity (Wildman–Crippen MR) is 87.1 cm³/mol. The van der Waals surface area contributed by atoms with Crippen LogP contribution >= 0.6 is 0 Å². The molecule has 1 aliphatic rings. The minimum Gasteiger partial charge on any atom is -0.493 e. The number of nitrogens with one attached hydrogen (secondary N) is 1. The molecule has 2 aromatic carbocycles. The van der Waals surface area contributed by atoms with Crippen LogP contribution in [0.25, 0.3) is 0 Å². The highest BCUT2D eigenvalue weighted by Gasteiger charge is 2.18. The smallest absolute Gasteiger partial charge is 0.122 e. The third-order valence-corrected chi connectivity index (χ3v) is 4.32. The molecule has 21 heavy (non-hydrogen) atoms. The maximum atomic E-state index is 5.61. The van der Waals surface area contributed by atoms with Gasteiger partial charge < -0.3 is 10.1 Å². The topological polar surface area (TPSA) is 21.3 Å². The molecule has 0 aromatic heterocycles. The fourth-order valence-electron chi connectivity index (χ4n) is 2.96. The molecule has 0 spiro atoms. The number of hydrogen-bond acceptors (Lipinski definition) is 2. The van der Waals surface area contributed by atoms with Gasteiger partial charge in [-0.3, -0.25) is 0 Å². The molecule has 0 bridgehead atoms. The zero-order valence-corrected chi connectivity index (χ0v) is 13.1. The summed E-state index contributed by atoms with van der Waals surface area (Å²) in [6, 6.07) is 13.6. The van der Waals surface area contributed by atoms with E-state index in [1.54, 1.807) is 0 Å². The van der Waals surface area contributed by atoms with E-state index in [0.29, 0.717) is 0 Å². The fourth-order valence-corrected chi connectivity index (χ4v) is 2.96. The lowest BCUT2D eigenvalue weighted by atomic mass is 9.94. The molecule has 1 unspecified atom stereocenters. The summed E-state index contributed by atoms with van der Waals surface area (Å²) in [5, 5.41) is 3.61. The molecule has 0 saturated heterocycles. The molecule has 1 heterocycles. The lowest BCUT2D eigenvalue weighted by molar-refractivity contribution is 0.357. The van der Waals surface area contributed by atoms with Crippen LogP contribution in [0.3, 0.4) is 0 Å². The van der Waals surface area contributed by atoms with Crippen LogP contribution in [0, 0.1) is 13.8 Å². The quantitative estimate of drug-likeness (QED) is 0.916. The van der Waals surface area contributed by atoms with Crippen LogP contribution in [0.2, 0.25) is 0 Å². The fraction of sp³-hybridized carbons (Fsp3) is 0.368. The molecule has 2 heteroatoms. The average Bonchev–Trinajstić information content (AvgIpc) is 2.95. The van der Waals surface area contributed by atoms with Gasteiger partial charge in [-0.25, -0.2) is 0 Å². The summed E-state index contributed by atoms with van der Waals surface area (Å²) in [5.74, 6) is 1.05. The minimum absolute atomic E-state index is 0.250. The van der Waals surface area contributed by atoms with E-state index in [2.05, 4.69) is 62.5 Å². The molecule has 0 fully saturated rings. The first-order valence-corrected chi connectivity index (χ1v) is 7.75. The highest BCUT2D eigenvalue weighted by Crippen LogP contribution is 2.31. The van der Waals surface area contributed by atoms with Crippen molar-refractivity contribution in [3.63, 3.8) is 0 Å². The molecule has 1 atom stereocenters. The van der Waals surface area contributed by atoms with E-state index in [1.807, 2.05) is 0 Å². The van der Waals surface area contributed by atoms with Crippen LogP contribution in [-0.2, 0) is 6.42 Å². The Kier molecular flexibility index (Phi) is 3.98. The number of benzene rings is 2. The van der Waals surface area contributed by atoms with Gasteiger partial charge in [0.15, 0.2) is 0 Å². The van der Waals surface area contributed by atoms with Crippen LogP contribution in [0.15, 0.2) is 36.4 Å². The van der Waals surface area contributed by atoms with Crippen molar-refractivity contribution in [1.29, 1.82) is 0 Å². The van der Waals surface area contributed by atoms with E-state index in [9.17, 15) is 0 Å². The van der Waals surface area contributed by atoms with E-state index >= 15 is 0 Å². The minimum atomic E-state index is 0.250. The predicted octanol–water partition coefficient (Wildman–Crippen LogP) is 3.94. The van der Waals surface area contributed by atoms with Crippen LogP contribution < -0.4 is 10.1 Å². The van der Waals surface area contributed by atoms with Crippen molar-refractivity contribution < 1.29 is 4.74 Å². The van der Waals surface area contributed by atoms with Crippen molar-refractivity contribution in [3.8, 4) is 5.75 Å². The second-order valence-corrected chi connectivity index (χ2v) is 5.80. The van der Waals surface area contributed by atoms with E-state index in [0.717, 1.165) is 25.3 Å². The summed E-state index contributed by atoms with van der Waals surface area (Å²) in [5.41, 5.74) is 6.68. The average molecular weight is 281 g/mol. The third kappa shape index (κ3) is 2.81. The molecule has 0 saturated carbocycles. The number of ether oxygens (including phenoxy) is 1. The largest absolute Gasteiger partial charge is 0.493 e. The van der Waals surface area contributed by atoms with Gasteiger partial charge in [0.25, 0.3) is 0 Å². The Morgan fingerprint density at radius 1 is 1.05 bits per heavy atom. The summed E-state index contributed by atoms with van der Waals surface area (Å²) < 4.78 is 5.61. The number of fused-ring (bicyclic) bond motifs is 1. The molecule has 0 aliphatic carbocycles. The standard InChI is InChI=1S/C19H23NO/c1-4-20-19(16-6-5-13(2)14(3)11-16)17-7-8-18-15(12-17)9-10-21-18/h5-8,11-12,19-20H,4,9-10H2,1-3H3. The van der Waals surface area contributed by atoms with E-state index in [4.69, 9.17) is 4.74 Å². The van der Waals surface area contributed by atoms with Crippen molar-refractivity contribution in [2.24, 2.45) is 0 Å². The summed E-state index contributed by atoms with van der Waals surface area (Å²) in [7, 11) is 0. The van der Waals surface area contributed by atoms with Crippen LogP contribution in [0.1, 0.15) is 40.8 Å². The monoisotopic (exact) mass is 281 g/mol. The Hall–Kier alpha value is -1.80. The highest BCUT2D eigenvalue weighted by molar-refractivity contribution is 5.44. The molecule has 110 valence electrons. The molecule has 0 amide bonds. The van der Waals surface area contributed by atoms with E-state index in [-0.39, 0.29) is 6.04 Å². The zero-order chi connectivity index (χ0) is 14.8. The van der Waals surface area contributed by atoms with Crippen molar-refractivity contribution in [1.82, 2.24) is 5.32 Å². The first-order valence-electron chi connectivity index (χ1n) is 7.75. The number of aryl methyl sites for hydroxylation is 2. The van der Waals surface area contributed by atoms with Crippen LogP contribution in [0.4, 0.5) is 0 Å². The van der Waals surface area contributed by atoms with Gasteiger partial charge in [-0.2, -0.15) is 0 Å². The van der Waals surface area contributed by atoms with Crippen molar-refractivity contribution in [2.75, 3.05) is 13.2 Å². The van der Waals surface area contributed by atoms with Gasteiger partial charge in [0.05, 0.1) is 12.6 Å². The molecule has 1 N–H and O–H groups in total.